The molecule has 4 aromatic rings. The number of hydrogen-bond acceptors (Lipinski definition) is 4. The first-order valence-electron chi connectivity index (χ1n) is 6.76. The Balaban J connectivity index is 1.88. The van der Waals surface area contributed by atoms with E-state index in [2.05, 4.69) is 15.0 Å². The zero-order valence-corrected chi connectivity index (χ0v) is 12.2. The second-order valence-corrected chi connectivity index (χ2v) is 5.10. The quantitative estimate of drug-likeness (QED) is 0.508. The van der Waals surface area contributed by atoms with E-state index >= 15 is 0 Å². The van der Waals surface area contributed by atoms with Crippen molar-refractivity contribution in [2.45, 2.75) is 0 Å². The standard InChI is InChI=1S/C17H10ClN3O/c18-14-13-17(21-15(20-14)11-7-3-1-4-8-11)22-16(19-13)12-9-5-2-6-10-12/h1-10H. The van der Waals surface area contributed by atoms with Gasteiger partial charge in [-0.2, -0.15) is 4.98 Å². The summed E-state index contributed by atoms with van der Waals surface area (Å²) in [6, 6.07) is 19.3. The van der Waals surface area contributed by atoms with Gasteiger partial charge < -0.3 is 4.42 Å². The van der Waals surface area contributed by atoms with Crippen molar-refractivity contribution in [3.05, 3.63) is 65.8 Å². The third-order valence-electron chi connectivity index (χ3n) is 3.27. The van der Waals surface area contributed by atoms with Gasteiger partial charge >= 0.3 is 0 Å². The van der Waals surface area contributed by atoms with Crippen molar-refractivity contribution in [3.8, 4) is 22.8 Å². The Hall–Kier alpha value is -2.72. The molecule has 0 saturated heterocycles. The number of fused-ring (bicyclic) bond motifs is 1. The third kappa shape index (κ3) is 2.23. The Labute approximate surface area is 131 Å². The normalized spacial score (nSPS) is 11.0. The topological polar surface area (TPSA) is 51.8 Å². The van der Waals surface area contributed by atoms with Crippen LogP contribution in [-0.2, 0) is 0 Å². The fourth-order valence-electron chi connectivity index (χ4n) is 2.21. The molecule has 0 saturated carbocycles. The summed E-state index contributed by atoms with van der Waals surface area (Å²) in [6.07, 6.45) is 0. The fourth-order valence-corrected chi connectivity index (χ4v) is 2.41. The van der Waals surface area contributed by atoms with E-state index in [9.17, 15) is 0 Å². The minimum Gasteiger partial charge on any atom is -0.417 e. The average molecular weight is 308 g/mol. The maximum atomic E-state index is 6.24. The molecule has 2 aromatic heterocycles. The SMILES string of the molecule is Clc1nc(-c2ccccc2)nc2oc(-c3ccccc3)nc12. The molecule has 0 amide bonds. The molecule has 0 N–H and O–H groups in total. The molecule has 4 nitrogen and oxygen atoms in total. The summed E-state index contributed by atoms with van der Waals surface area (Å²) in [5, 5.41) is 0.287. The van der Waals surface area contributed by atoms with E-state index in [0.717, 1.165) is 11.1 Å². The molecule has 2 heterocycles. The van der Waals surface area contributed by atoms with Crippen LogP contribution in [0.5, 0.6) is 0 Å². The first-order chi connectivity index (χ1) is 10.8. The summed E-state index contributed by atoms with van der Waals surface area (Å²) in [5.41, 5.74) is 2.61. The molecule has 2 aromatic carbocycles. The first-order valence-corrected chi connectivity index (χ1v) is 7.14. The van der Waals surface area contributed by atoms with Gasteiger partial charge in [-0.15, -0.1) is 0 Å². The van der Waals surface area contributed by atoms with Gasteiger partial charge in [0.2, 0.25) is 5.89 Å². The molecule has 0 bridgehead atoms. The lowest BCUT2D eigenvalue weighted by Gasteiger charge is -1.99. The highest BCUT2D eigenvalue weighted by molar-refractivity contribution is 6.33. The number of rotatable bonds is 2. The molecule has 106 valence electrons. The van der Waals surface area contributed by atoms with E-state index in [-0.39, 0.29) is 5.15 Å². The minimum absolute atomic E-state index is 0.287. The van der Waals surface area contributed by atoms with Crippen LogP contribution in [0.4, 0.5) is 0 Å². The van der Waals surface area contributed by atoms with Gasteiger partial charge in [-0.3, -0.25) is 0 Å². The second-order valence-electron chi connectivity index (χ2n) is 4.74. The van der Waals surface area contributed by atoms with Crippen molar-refractivity contribution in [1.82, 2.24) is 15.0 Å². The van der Waals surface area contributed by atoms with Crippen molar-refractivity contribution in [2.75, 3.05) is 0 Å². The Kier molecular flexibility index (Phi) is 3.09. The van der Waals surface area contributed by atoms with Gasteiger partial charge in [-0.25, -0.2) is 9.97 Å². The zero-order valence-electron chi connectivity index (χ0n) is 11.4. The van der Waals surface area contributed by atoms with Gasteiger partial charge in [0.15, 0.2) is 16.5 Å². The van der Waals surface area contributed by atoms with Gasteiger partial charge in [-0.1, -0.05) is 60.1 Å². The first kappa shape index (κ1) is 13.0. The highest BCUT2D eigenvalue weighted by Crippen LogP contribution is 2.28. The van der Waals surface area contributed by atoms with Crippen LogP contribution in [0.1, 0.15) is 0 Å². The Morgan fingerprint density at radius 2 is 1.36 bits per heavy atom. The zero-order chi connectivity index (χ0) is 14.9. The van der Waals surface area contributed by atoms with Gasteiger partial charge in [0.25, 0.3) is 5.71 Å². The largest absolute Gasteiger partial charge is 0.417 e. The number of benzene rings is 2. The predicted molar refractivity (Wildman–Crippen MR) is 85.5 cm³/mol. The summed E-state index contributed by atoms with van der Waals surface area (Å²) in [4.78, 5) is 13.1. The number of hydrogen-bond donors (Lipinski definition) is 0. The Morgan fingerprint density at radius 1 is 0.727 bits per heavy atom. The van der Waals surface area contributed by atoms with E-state index in [0.29, 0.717) is 22.9 Å². The number of aromatic nitrogens is 3. The van der Waals surface area contributed by atoms with Crippen LogP contribution in [0.15, 0.2) is 65.1 Å². The molecular weight excluding hydrogens is 298 g/mol. The molecule has 0 aliphatic rings. The van der Waals surface area contributed by atoms with Gasteiger partial charge in [0.05, 0.1) is 0 Å². The molecule has 0 fully saturated rings. The molecule has 4 rings (SSSR count). The number of nitrogens with zero attached hydrogens (tertiary/aromatic N) is 3. The van der Waals surface area contributed by atoms with E-state index in [4.69, 9.17) is 16.0 Å². The lowest BCUT2D eigenvalue weighted by molar-refractivity contribution is 0.607. The van der Waals surface area contributed by atoms with Crippen LogP contribution >= 0.6 is 11.6 Å². The monoisotopic (exact) mass is 307 g/mol. The van der Waals surface area contributed by atoms with Crippen LogP contribution in [0.2, 0.25) is 5.15 Å². The maximum absolute atomic E-state index is 6.24. The predicted octanol–water partition coefficient (Wildman–Crippen LogP) is 4.61. The average Bonchev–Trinajstić information content (AvgIpc) is 3.01. The van der Waals surface area contributed by atoms with Crippen molar-refractivity contribution in [2.24, 2.45) is 0 Å². The molecule has 0 aliphatic heterocycles. The van der Waals surface area contributed by atoms with Crippen molar-refractivity contribution in [1.29, 1.82) is 0 Å². The summed E-state index contributed by atoms with van der Waals surface area (Å²) in [7, 11) is 0. The van der Waals surface area contributed by atoms with E-state index in [1.165, 1.54) is 0 Å². The number of halogens is 1. The van der Waals surface area contributed by atoms with Crippen LogP contribution in [0, 0.1) is 0 Å². The Morgan fingerprint density at radius 3 is 2.05 bits per heavy atom. The van der Waals surface area contributed by atoms with Gasteiger partial charge in [0.1, 0.15) is 0 Å². The van der Waals surface area contributed by atoms with Crippen LogP contribution in [0.25, 0.3) is 34.1 Å². The Bertz CT molecular complexity index is 936. The molecule has 5 heteroatoms. The van der Waals surface area contributed by atoms with E-state index < -0.39 is 0 Å². The van der Waals surface area contributed by atoms with Crippen LogP contribution < -0.4 is 0 Å². The molecule has 0 spiro atoms. The highest BCUT2D eigenvalue weighted by atomic mass is 35.5. The van der Waals surface area contributed by atoms with Crippen molar-refractivity contribution >= 4 is 22.8 Å². The molecule has 0 aliphatic carbocycles. The molecule has 0 atom stereocenters. The van der Waals surface area contributed by atoms with Gasteiger partial charge in [-0.05, 0) is 12.1 Å². The summed E-state index contributed by atoms with van der Waals surface area (Å²) < 4.78 is 5.75. The van der Waals surface area contributed by atoms with Crippen molar-refractivity contribution < 1.29 is 4.42 Å². The minimum atomic E-state index is 0.287. The van der Waals surface area contributed by atoms with Crippen molar-refractivity contribution in [3.63, 3.8) is 0 Å². The highest BCUT2D eigenvalue weighted by Gasteiger charge is 2.15. The van der Waals surface area contributed by atoms with Gasteiger partial charge in [0, 0.05) is 11.1 Å². The summed E-state index contributed by atoms with van der Waals surface area (Å²) in [5.74, 6) is 1.01. The lowest BCUT2D eigenvalue weighted by Crippen LogP contribution is -1.90. The second kappa shape index (κ2) is 5.24. The smallest absolute Gasteiger partial charge is 0.252 e. The third-order valence-corrected chi connectivity index (χ3v) is 3.53. The fraction of sp³-hybridized carbons (Fsp3) is 0. The van der Waals surface area contributed by atoms with E-state index in [1.54, 1.807) is 0 Å². The van der Waals surface area contributed by atoms with Crippen LogP contribution in [-0.4, -0.2) is 15.0 Å². The maximum Gasteiger partial charge on any atom is 0.252 e. The molecule has 22 heavy (non-hydrogen) atoms. The molecule has 0 radical (unpaired) electrons. The van der Waals surface area contributed by atoms with Crippen LogP contribution in [0.3, 0.4) is 0 Å². The number of oxazole rings is 1. The summed E-state index contributed by atoms with van der Waals surface area (Å²) >= 11 is 6.24. The molecule has 0 unspecified atom stereocenters. The lowest BCUT2D eigenvalue weighted by atomic mass is 10.2. The molecular formula is C17H10ClN3O. The summed E-state index contributed by atoms with van der Waals surface area (Å²) in [6.45, 7) is 0. The van der Waals surface area contributed by atoms with E-state index in [1.807, 2.05) is 60.7 Å².